The number of benzene rings is 2. The van der Waals surface area contributed by atoms with E-state index in [-0.39, 0.29) is 5.82 Å². The van der Waals surface area contributed by atoms with E-state index in [1.165, 1.54) is 17.8 Å². The van der Waals surface area contributed by atoms with Gasteiger partial charge in [-0.3, -0.25) is 0 Å². The zero-order valence-electron chi connectivity index (χ0n) is 10.4. The van der Waals surface area contributed by atoms with Crippen molar-refractivity contribution in [3.05, 3.63) is 59.4 Å². The molecule has 0 aliphatic rings. The summed E-state index contributed by atoms with van der Waals surface area (Å²) in [5.74, 6) is -0.292. The molecule has 0 heterocycles. The highest BCUT2D eigenvalue weighted by Crippen LogP contribution is 2.31. The summed E-state index contributed by atoms with van der Waals surface area (Å²) in [6, 6.07) is 12.8. The van der Waals surface area contributed by atoms with Crippen LogP contribution in [0.5, 0.6) is 0 Å². The Kier molecular flexibility index (Phi) is 4.04. The number of aryl methyl sites for hydroxylation is 1. The Bertz CT molecular complexity index is 552. The zero-order chi connectivity index (χ0) is 13.1. The fourth-order valence-corrected chi connectivity index (χ4v) is 2.60. The molecule has 0 saturated heterocycles. The van der Waals surface area contributed by atoms with Gasteiger partial charge < -0.3 is 5.11 Å². The van der Waals surface area contributed by atoms with Crippen LogP contribution in [0.3, 0.4) is 0 Å². The summed E-state index contributed by atoms with van der Waals surface area (Å²) in [7, 11) is 0. The van der Waals surface area contributed by atoms with E-state index in [1.54, 1.807) is 19.1 Å². The van der Waals surface area contributed by atoms with E-state index >= 15 is 0 Å². The van der Waals surface area contributed by atoms with Gasteiger partial charge in [-0.1, -0.05) is 35.5 Å². The van der Waals surface area contributed by atoms with Crippen molar-refractivity contribution in [1.29, 1.82) is 0 Å². The SMILES string of the molecule is Cc1cccc(Sc2ccc(C(C)O)cc2F)c1. The maximum absolute atomic E-state index is 13.9. The minimum Gasteiger partial charge on any atom is -0.389 e. The summed E-state index contributed by atoms with van der Waals surface area (Å²) in [5.41, 5.74) is 1.75. The molecule has 0 bridgehead atoms. The lowest BCUT2D eigenvalue weighted by atomic mass is 10.1. The molecular formula is C15H15FOS. The van der Waals surface area contributed by atoms with Gasteiger partial charge in [-0.15, -0.1) is 0 Å². The molecule has 94 valence electrons. The van der Waals surface area contributed by atoms with E-state index in [0.717, 1.165) is 10.5 Å². The molecule has 0 amide bonds. The third-order valence-corrected chi connectivity index (χ3v) is 3.70. The molecule has 1 unspecified atom stereocenters. The van der Waals surface area contributed by atoms with Gasteiger partial charge in [-0.25, -0.2) is 4.39 Å². The maximum atomic E-state index is 13.9. The normalized spacial score (nSPS) is 12.4. The predicted molar refractivity (Wildman–Crippen MR) is 72.3 cm³/mol. The minimum absolute atomic E-state index is 0.292. The quantitative estimate of drug-likeness (QED) is 0.888. The second-order valence-electron chi connectivity index (χ2n) is 4.28. The van der Waals surface area contributed by atoms with E-state index in [1.807, 2.05) is 31.2 Å². The van der Waals surface area contributed by atoms with Crippen molar-refractivity contribution in [3.63, 3.8) is 0 Å². The minimum atomic E-state index is -0.641. The van der Waals surface area contributed by atoms with Crippen LogP contribution in [-0.2, 0) is 0 Å². The Morgan fingerprint density at radius 2 is 1.94 bits per heavy atom. The van der Waals surface area contributed by atoms with Gasteiger partial charge in [0, 0.05) is 9.79 Å². The van der Waals surface area contributed by atoms with Crippen LogP contribution in [-0.4, -0.2) is 5.11 Å². The van der Waals surface area contributed by atoms with Crippen LogP contribution in [0.2, 0.25) is 0 Å². The van der Waals surface area contributed by atoms with Gasteiger partial charge >= 0.3 is 0 Å². The fourth-order valence-electron chi connectivity index (χ4n) is 1.67. The first-order valence-electron chi connectivity index (χ1n) is 5.78. The van der Waals surface area contributed by atoms with Crippen LogP contribution >= 0.6 is 11.8 Å². The highest BCUT2D eigenvalue weighted by molar-refractivity contribution is 7.99. The molecule has 2 aromatic carbocycles. The molecule has 0 saturated carbocycles. The second-order valence-corrected chi connectivity index (χ2v) is 5.40. The summed E-state index contributed by atoms with van der Waals surface area (Å²) in [5, 5.41) is 9.39. The van der Waals surface area contributed by atoms with Gasteiger partial charge in [-0.2, -0.15) is 0 Å². The molecule has 1 N–H and O–H groups in total. The van der Waals surface area contributed by atoms with E-state index in [0.29, 0.717) is 10.5 Å². The third kappa shape index (κ3) is 3.12. The number of rotatable bonds is 3. The Labute approximate surface area is 111 Å². The number of aliphatic hydroxyl groups excluding tert-OH is 1. The molecule has 18 heavy (non-hydrogen) atoms. The van der Waals surface area contributed by atoms with E-state index in [4.69, 9.17) is 0 Å². The number of hydrogen-bond acceptors (Lipinski definition) is 2. The molecule has 1 atom stereocenters. The molecule has 2 rings (SSSR count). The molecule has 0 spiro atoms. The van der Waals surface area contributed by atoms with Gasteiger partial charge in [0.05, 0.1) is 6.10 Å². The largest absolute Gasteiger partial charge is 0.389 e. The summed E-state index contributed by atoms with van der Waals surface area (Å²) < 4.78 is 13.9. The van der Waals surface area contributed by atoms with Crippen LogP contribution in [0, 0.1) is 12.7 Å². The first-order chi connectivity index (χ1) is 8.56. The summed E-state index contributed by atoms with van der Waals surface area (Å²) in [6.07, 6.45) is -0.641. The molecule has 0 fully saturated rings. The Hall–Kier alpha value is -1.32. The van der Waals surface area contributed by atoms with Gasteiger partial charge in [0.2, 0.25) is 0 Å². The fraction of sp³-hybridized carbons (Fsp3) is 0.200. The van der Waals surface area contributed by atoms with Crippen LogP contribution in [0.15, 0.2) is 52.3 Å². The maximum Gasteiger partial charge on any atom is 0.137 e. The molecule has 1 nitrogen and oxygen atoms in total. The number of aliphatic hydroxyl groups is 1. The number of hydrogen-bond donors (Lipinski definition) is 1. The van der Waals surface area contributed by atoms with Gasteiger partial charge in [0.1, 0.15) is 5.82 Å². The van der Waals surface area contributed by atoms with Gasteiger partial charge in [0.25, 0.3) is 0 Å². The van der Waals surface area contributed by atoms with Crippen LogP contribution in [0.1, 0.15) is 24.2 Å². The molecule has 0 aromatic heterocycles. The molecule has 0 aliphatic carbocycles. The summed E-state index contributed by atoms with van der Waals surface area (Å²) in [4.78, 5) is 1.59. The van der Waals surface area contributed by atoms with Crippen molar-refractivity contribution < 1.29 is 9.50 Å². The average Bonchev–Trinajstić information content (AvgIpc) is 2.31. The van der Waals surface area contributed by atoms with Crippen LogP contribution in [0.25, 0.3) is 0 Å². The smallest absolute Gasteiger partial charge is 0.137 e. The monoisotopic (exact) mass is 262 g/mol. The Morgan fingerprint density at radius 3 is 2.56 bits per heavy atom. The van der Waals surface area contributed by atoms with E-state index in [2.05, 4.69) is 0 Å². The van der Waals surface area contributed by atoms with Crippen LogP contribution < -0.4 is 0 Å². The van der Waals surface area contributed by atoms with Crippen LogP contribution in [0.4, 0.5) is 4.39 Å². The summed E-state index contributed by atoms with van der Waals surface area (Å²) in [6.45, 7) is 3.64. The lowest BCUT2D eigenvalue weighted by Gasteiger charge is -2.08. The molecular weight excluding hydrogens is 247 g/mol. The van der Waals surface area contributed by atoms with E-state index in [9.17, 15) is 9.50 Å². The molecule has 0 aliphatic heterocycles. The van der Waals surface area contributed by atoms with Gasteiger partial charge in [0.15, 0.2) is 0 Å². The first-order valence-corrected chi connectivity index (χ1v) is 6.60. The molecule has 0 radical (unpaired) electrons. The topological polar surface area (TPSA) is 20.2 Å². The van der Waals surface area contributed by atoms with E-state index < -0.39 is 6.10 Å². The van der Waals surface area contributed by atoms with Crippen molar-refractivity contribution >= 4 is 11.8 Å². The second kappa shape index (κ2) is 5.55. The van der Waals surface area contributed by atoms with Crippen molar-refractivity contribution in [2.75, 3.05) is 0 Å². The van der Waals surface area contributed by atoms with Crippen molar-refractivity contribution in [3.8, 4) is 0 Å². The number of halogens is 1. The highest BCUT2D eigenvalue weighted by Gasteiger charge is 2.08. The Morgan fingerprint density at radius 1 is 1.17 bits per heavy atom. The zero-order valence-corrected chi connectivity index (χ0v) is 11.2. The first kappa shape index (κ1) is 13.1. The third-order valence-electron chi connectivity index (χ3n) is 2.66. The highest BCUT2D eigenvalue weighted by atomic mass is 32.2. The van der Waals surface area contributed by atoms with Crippen molar-refractivity contribution in [2.45, 2.75) is 29.7 Å². The average molecular weight is 262 g/mol. The summed E-state index contributed by atoms with van der Waals surface area (Å²) >= 11 is 1.39. The van der Waals surface area contributed by atoms with Gasteiger partial charge in [-0.05, 0) is 43.7 Å². The lowest BCUT2D eigenvalue weighted by Crippen LogP contribution is -1.92. The van der Waals surface area contributed by atoms with Crippen molar-refractivity contribution in [2.24, 2.45) is 0 Å². The standard InChI is InChI=1S/C15H15FOS/c1-10-4-3-5-13(8-10)18-15-7-6-12(11(2)17)9-14(15)16/h3-9,11,17H,1-2H3. The predicted octanol–water partition coefficient (Wildman–Crippen LogP) is 4.34. The molecule has 2 aromatic rings. The molecule has 3 heteroatoms. The lowest BCUT2D eigenvalue weighted by molar-refractivity contribution is 0.198. The van der Waals surface area contributed by atoms with Crippen molar-refractivity contribution in [1.82, 2.24) is 0 Å². The Balaban J connectivity index is 2.24.